The van der Waals surface area contributed by atoms with Crippen molar-refractivity contribution in [2.45, 2.75) is 0 Å². The molecule has 0 radical (unpaired) electrons. The Bertz CT molecular complexity index is 385. The highest BCUT2D eigenvalue weighted by Gasteiger charge is 2.10. The van der Waals surface area contributed by atoms with Gasteiger partial charge in [0.1, 0.15) is 0 Å². The molecule has 1 rings (SSSR count). The summed E-state index contributed by atoms with van der Waals surface area (Å²) >= 11 is 0. The third kappa shape index (κ3) is 1.92. The lowest BCUT2D eigenvalue weighted by Gasteiger charge is -1.96. The molecular weight excluding hydrogens is 176 g/mol. The highest BCUT2D eigenvalue weighted by molar-refractivity contribution is 5.92. The fourth-order valence-corrected chi connectivity index (χ4v) is 0.720. The van der Waals surface area contributed by atoms with Crippen molar-refractivity contribution >= 4 is 11.8 Å². The van der Waals surface area contributed by atoms with E-state index in [1.807, 2.05) is 0 Å². The average molecular weight is 182 g/mol. The molecule has 1 heterocycles. The van der Waals surface area contributed by atoms with E-state index in [1.165, 1.54) is 0 Å². The molecule has 4 N–H and O–H groups in total. The molecule has 0 aromatic carbocycles. The molecule has 6 heteroatoms. The second-order valence-corrected chi connectivity index (χ2v) is 2.25. The van der Waals surface area contributed by atoms with Crippen molar-refractivity contribution in [1.82, 2.24) is 0 Å². The Morgan fingerprint density at radius 1 is 1.08 bits per heavy atom. The molecule has 0 fully saturated rings. The van der Waals surface area contributed by atoms with Crippen LogP contribution in [0.4, 0.5) is 0 Å². The van der Waals surface area contributed by atoms with Crippen LogP contribution in [0.3, 0.4) is 0 Å². The normalized spacial score (nSPS) is 9.54. The molecule has 68 valence electrons. The maximum atomic E-state index is 10.8. The molecule has 0 bridgehead atoms. The van der Waals surface area contributed by atoms with Crippen LogP contribution in [0, 0.1) is 0 Å². The summed E-state index contributed by atoms with van der Waals surface area (Å²) in [6, 6.07) is 1.77. The van der Waals surface area contributed by atoms with Gasteiger partial charge in [-0.25, -0.2) is 0 Å². The van der Waals surface area contributed by atoms with Crippen LogP contribution in [0.5, 0.6) is 0 Å². The molecule has 0 aliphatic rings. The summed E-state index contributed by atoms with van der Waals surface area (Å²) in [5.74, 6) is -2.64. The third-order valence-corrected chi connectivity index (χ3v) is 1.25. The Labute approximate surface area is 72.1 Å². The van der Waals surface area contributed by atoms with Crippen molar-refractivity contribution in [2.24, 2.45) is 11.5 Å². The number of carbonyl (C=O) groups excluding carboxylic acids is 2. The van der Waals surface area contributed by atoms with Gasteiger partial charge >= 0.3 is 0 Å². The van der Waals surface area contributed by atoms with Gasteiger partial charge in [-0.05, 0) is 0 Å². The van der Waals surface area contributed by atoms with Crippen LogP contribution in [0.15, 0.2) is 21.3 Å². The zero-order valence-electron chi connectivity index (χ0n) is 6.44. The smallest absolute Gasteiger partial charge is 0.284 e. The summed E-state index contributed by atoms with van der Waals surface area (Å²) in [7, 11) is 0. The Hall–Kier alpha value is -2.11. The first-order valence-corrected chi connectivity index (χ1v) is 3.25. The molecule has 0 atom stereocenters. The van der Waals surface area contributed by atoms with E-state index in [0.717, 1.165) is 12.1 Å². The first-order valence-electron chi connectivity index (χ1n) is 3.25. The van der Waals surface area contributed by atoms with Gasteiger partial charge < -0.3 is 15.9 Å². The van der Waals surface area contributed by atoms with Crippen LogP contribution in [0.1, 0.15) is 21.1 Å². The van der Waals surface area contributed by atoms with Gasteiger partial charge in [0.2, 0.25) is 0 Å². The monoisotopic (exact) mass is 182 g/mol. The molecule has 1 aromatic heterocycles. The van der Waals surface area contributed by atoms with Crippen LogP contribution in [0.25, 0.3) is 0 Å². The van der Waals surface area contributed by atoms with Crippen LogP contribution in [-0.4, -0.2) is 11.8 Å². The lowest BCUT2D eigenvalue weighted by atomic mass is 10.3. The molecule has 0 aliphatic heterocycles. The van der Waals surface area contributed by atoms with E-state index in [1.54, 1.807) is 0 Å². The largest absolute Gasteiger partial charge is 0.445 e. The molecule has 0 saturated carbocycles. The minimum atomic E-state index is -0.930. The van der Waals surface area contributed by atoms with E-state index in [2.05, 4.69) is 4.42 Å². The van der Waals surface area contributed by atoms with Crippen LogP contribution >= 0.6 is 0 Å². The number of nitrogens with two attached hydrogens (primary N) is 2. The van der Waals surface area contributed by atoms with Gasteiger partial charge in [0, 0.05) is 12.1 Å². The Morgan fingerprint density at radius 3 is 1.77 bits per heavy atom. The average Bonchev–Trinajstić information content (AvgIpc) is 2.03. The molecule has 2 amide bonds. The van der Waals surface area contributed by atoms with Gasteiger partial charge in [0.25, 0.3) is 11.8 Å². The fourth-order valence-electron chi connectivity index (χ4n) is 0.720. The first kappa shape index (κ1) is 8.98. The highest BCUT2D eigenvalue weighted by atomic mass is 16.4. The summed E-state index contributed by atoms with van der Waals surface area (Å²) < 4.78 is 4.63. The van der Waals surface area contributed by atoms with Gasteiger partial charge in [-0.2, -0.15) is 0 Å². The summed E-state index contributed by atoms with van der Waals surface area (Å²) in [4.78, 5) is 32.0. The first-order chi connectivity index (χ1) is 6.00. The molecule has 0 aliphatic carbocycles. The lowest BCUT2D eigenvalue weighted by molar-refractivity contribution is 0.0944. The number of rotatable bonds is 2. The van der Waals surface area contributed by atoms with Gasteiger partial charge in [0.05, 0.1) is 0 Å². The zero-order valence-corrected chi connectivity index (χ0v) is 6.44. The number of primary amides is 2. The summed E-state index contributed by atoms with van der Waals surface area (Å²) in [6.45, 7) is 0. The molecule has 0 spiro atoms. The number of amides is 2. The molecule has 0 unspecified atom stereocenters. The topological polar surface area (TPSA) is 116 Å². The van der Waals surface area contributed by atoms with Crippen LogP contribution in [-0.2, 0) is 0 Å². The maximum Gasteiger partial charge on any atom is 0.284 e. The van der Waals surface area contributed by atoms with Gasteiger partial charge in [0.15, 0.2) is 16.9 Å². The molecular formula is C7H6N2O4. The number of hydrogen-bond donors (Lipinski definition) is 2. The van der Waals surface area contributed by atoms with Gasteiger partial charge in [-0.15, -0.1) is 0 Å². The Morgan fingerprint density at radius 2 is 1.46 bits per heavy atom. The standard InChI is InChI=1S/C7H6N2O4/c8-6(11)4-1-3(10)2-5(13-4)7(9)12/h1-2H,(H2,8,11)(H2,9,12). The number of hydrogen-bond acceptors (Lipinski definition) is 4. The predicted octanol–water partition coefficient (Wildman–Crippen LogP) is -1.16. The van der Waals surface area contributed by atoms with Gasteiger partial charge in [-0.3, -0.25) is 14.4 Å². The van der Waals surface area contributed by atoms with E-state index in [4.69, 9.17) is 11.5 Å². The maximum absolute atomic E-state index is 10.8. The lowest BCUT2D eigenvalue weighted by Crippen LogP contribution is -2.19. The minimum absolute atomic E-state index is 0.388. The van der Waals surface area contributed by atoms with Crippen molar-refractivity contribution in [3.63, 3.8) is 0 Å². The zero-order chi connectivity index (χ0) is 10.0. The van der Waals surface area contributed by atoms with E-state index in [9.17, 15) is 14.4 Å². The highest BCUT2D eigenvalue weighted by Crippen LogP contribution is 1.99. The summed E-state index contributed by atoms with van der Waals surface area (Å²) in [5, 5.41) is 0. The molecule has 1 aromatic rings. The van der Waals surface area contributed by atoms with E-state index >= 15 is 0 Å². The molecule has 13 heavy (non-hydrogen) atoms. The van der Waals surface area contributed by atoms with Crippen LogP contribution in [0.2, 0.25) is 0 Å². The van der Waals surface area contributed by atoms with E-state index < -0.39 is 17.2 Å². The number of carbonyl (C=O) groups is 2. The van der Waals surface area contributed by atoms with Crippen molar-refractivity contribution < 1.29 is 14.0 Å². The Kier molecular flexibility index (Phi) is 2.14. The van der Waals surface area contributed by atoms with Gasteiger partial charge in [-0.1, -0.05) is 0 Å². The second kappa shape index (κ2) is 3.10. The van der Waals surface area contributed by atoms with E-state index in [0.29, 0.717) is 0 Å². The van der Waals surface area contributed by atoms with Crippen molar-refractivity contribution in [2.75, 3.05) is 0 Å². The molecule has 6 nitrogen and oxygen atoms in total. The van der Waals surface area contributed by atoms with Crippen LogP contribution < -0.4 is 16.9 Å². The van der Waals surface area contributed by atoms with Crippen molar-refractivity contribution in [3.05, 3.63) is 33.9 Å². The third-order valence-electron chi connectivity index (χ3n) is 1.25. The second-order valence-electron chi connectivity index (χ2n) is 2.25. The predicted molar refractivity (Wildman–Crippen MR) is 42.0 cm³/mol. The van der Waals surface area contributed by atoms with Crippen molar-refractivity contribution in [1.29, 1.82) is 0 Å². The quantitative estimate of drug-likeness (QED) is 0.599. The SMILES string of the molecule is NC(=O)c1cc(=O)cc(C(N)=O)o1. The Balaban J connectivity index is 3.35. The summed E-state index contributed by atoms with van der Waals surface area (Å²) in [6.07, 6.45) is 0. The van der Waals surface area contributed by atoms with E-state index in [-0.39, 0.29) is 11.5 Å². The minimum Gasteiger partial charge on any atom is -0.445 e. The van der Waals surface area contributed by atoms with Crippen molar-refractivity contribution in [3.8, 4) is 0 Å². The summed E-state index contributed by atoms with van der Waals surface area (Å²) in [5.41, 5.74) is 9.09. The fraction of sp³-hybridized carbons (Fsp3) is 0. The molecule has 0 saturated heterocycles.